The summed E-state index contributed by atoms with van der Waals surface area (Å²) in [6.07, 6.45) is 7.17. The van der Waals surface area contributed by atoms with Crippen molar-refractivity contribution < 1.29 is 22.4 Å². The van der Waals surface area contributed by atoms with Crippen LogP contribution >= 0.6 is 0 Å². The molecule has 1 aliphatic rings. The van der Waals surface area contributed by atoms with Crippen LogP contribution in [0.4, 0.5) is 10.1 Å². The summed E-state index contributed by atoms with van der Waals surface area (Å²) in [5.74, 6) is -0.782. The number of benzene rings is 2. The van der Waals surface area contributed by atoms with E-state index in [1.807, 2.05) is 19.9 Å². The highest BCUT2D eigenvalue weighted by Crippen LogP contribution is 2.22. The van der Waals surface area contributed by atoms with Crippen molar-refractivity contribution in [1.29, 1.82) is 0 Å². The molecule has 208 valence electrons. The number of carbonyl (C=O) groups excluding carboxylic acids is 2. The fourth-order valence-corrected chi connectivity index (χ4v) is 5.99. The Balaban J connectivity index is 1.75. The van der Waals surface area contributed by atoms with E-state index in [1.54, 1.807) is 35.2 Å². The van der Waals surface area contributed by atoms with Gasteiger partial charge in [-0.25, -0.2) is 12.8 Å². The number of anilines is 1. The summed E-state index contributed by atoms with van der Waals surface area (Å²) in [6.45, 7) is 4.08. The van der Waals surface area contributed by atoms with Crippen LogP contribution in [0, 0.1) is 12.7 Å². The van der Waals surface area contributed by atoms with Crippen LogP contribution in [0.3, 0.4) is 0 Å². The van der Waals surface area contributed by atoms with Crippen LogP contribution in [0.2, 0.25) is 0 Å². The van der Waals surface area contributed by atoms with Gasteiger partial charge in [-0.05, 0) is 68.0 Å². The molecule has 0 saturated heterocycles. The summed E-state index contributed by atoms with van der Waals surface area (Å²) in [7, 11) is -3.55. The van der Waals surface area contributed by atoms with Gasteiger partial charge < -0.3 is 10.2 Å². The van der Waals surface area contributed by atoms with E-state index >= 15 is 0 Å². The van der Waals surface area contributed by atoms with Crippen LogP contribution in [0.25, 0.3) is 0 Å². The van der Waals surface area contributed by atoms with Gasteiger partial charge in [-0.3, -0.25) is 13.9 Å². The minimum atomic E-state index is -3.55. The minimum absolute atomic E-state index is 0.0756. The summed E-state index contributed by atoms with van der Waals surface area (Å²) in [6, 6.07) is 12.6. The zero-order valence-electron chi connectivity index (χ0n) is 22.7. The largest absolute Gasteiger partial charge is 0.352 e. The number of amides is 2. The molecule has 0 heterocycles. The van der Waals surface area contributed by atoms with Crippen LogP contribution in [-0.2, 0) is 26.2 Å². The van der Waals surface area contributed by atoms with Crippen molar-refractivity contribution in [3.05, 3.63) is 65.5 Å². The van der Waals surface area contributed by atoms with Crippen molar-refractivity contribution in [3.8, 4) is 0 Å². The van der Waals surface area contributed by atoms with Crippen LogP contribution in [0.15, 0.2) is 48.5 Å². The quantitative estimate of drug-likeness (QED) is 0.410. The normalized spacial score (nSPS) is 15.1. The molecule has 1 fully saturated rings. The van der Waals surface area contributed by atoms with Gasteiger partial charge >= 0.3 is 0 Å². The van der Waals surface area contributed by atoms with Crippen molar-refractivity contribution in [2.75, 3.05) is 17.1 Å². The number of hydrogen-bond donors (Lipinski definition) is 1. The predicted octanol–water partition coefficient (Wildman–Crippen LogP) is 4.94. The molecule has 0 aliphatic heterocycles. The van der Waals surface area contributed by atoms with Crippen molar-refractivity contribution in [2.45, 2.75) is 83.8 Å². The molecule has 1 unspecified atom stereocenters. The Labute approximate surface area is 226 Å². The smallest absolute Gasteiger partial charge is 0.243 e. The first kappa shape index (κ1) is 29.6. The standard InChI is InChI=1S/C29H40FN3O4S/c1-4-27(29(35)31-25-11-6-5-7-12-25)32(21-23-15-17-24(30)18-16-23)28(34)14-9-19-33(38(3,36)37)26-13-8-10-22(2)20-26/h8,10,13,15-18,20,25,27H,4-7,9,11-12,14,19,21H2,1-3H3,(H,31,35). The Hall–Kier alpha value is -2.94. The number of nitrogens with zero attached hydrogens (tertiary/aromatic N) is 2. The summed E-state index contributed by atoms with van der Waals surface area (Å²) >= 11 is 0. The molecule has 3 rings (SSSR count). The van der Waals surface area contributed by atoms with Crippen LogP contribution in [0.1, 0.15) is 69.4 Å². The molecule has 9 heteroatoms. The Morgan fingerprint density at radius 1 is 1.08 bits per heavy atom. The average Bonchev–Trinajstić information content (AvgIpc) is 2.87. The van der Waals surface area contributed by atoms with Crippen molar-refractivity contribution in [3.63, 3.8) is 0 Å². The summed E-state index contributed by atoms with van der Waals surface area (Å²) in [4.78, 5) is 28.4. The topological polar surface area (TPSA) is 86.8 Å². The first-order valence-corrected chi connectivity index (χ1v) is 15.3. The SMILES string of the molecule is CCC(C(=O)NC1CCCCC1)N(Cc1ccc(F)cc1)C(=O)CCCN(c1cccc(C)c1)S(C)(=O)=O. The van der Waals surface area contributed by atoms with Gasteiger partial charge in [0, 0.05) is 25.6 Å². The van der Waals surface area contributed by atoms with E-state index in [0.717, 1.165) is 43.1 Å². The molecule has 2 aromatic rings. The van der Waals surface area contributed by atoms with Gasteiger partial charge in [-0.2, -0.15) is 0 Å². The highest BCUT2D eigenvalue weighted by atomic mass is 32.2. The Bertz CT molecular complexity index is 1180. The van der Waals surface area contributed by atoms with E-state index in [0.29, 0.717) is 18.5 Å². The second kappa shape index (κ2) is 13.7. The molecular weight excluding hydrogens is 505 g/mol. The third-order valence-corrected chi connectivity index (χ3v) is 8.24. The molecule has 1 atom stereocenters. The Kier molecular flexibility index (Phi) is 10.7. The molecule has 2 aromatic carbocycles. The zero-order valence-corrected chi connectivity index (χ0v) is 23.5. The average molecular weight is 546 g/mol. The van der Waals surface area contributed by atoms with E-state index in [-0.39, 0.29) is 43.2 Å². The van der Waals surface area contributed by atoms with Crippen molar-refractivity contribution in [2.24, 2.45) is 0 Å². The van der Waals surface area contributed by atoms with Gasteiger partial charge in [0.25, 0.3) is 0 Å². The molecule has 7 nitrogen and oxygen atoms in total. The highest BCUT2D eigenvalue weighted by molar-refractivity contribution is 7.92. The summed E-state index contributed by atoms with van der Waals surface area (Å²) in [5.41, 5.74) is 2.22. The molecule has 1 saturated carbocycles. The van der Waals surface area contributed by atoms with Crippen molar-refractivity contribution >= 4 is 27.5 Å². The van der Waals surface area contributed by atoms with Gasteiger partial charge in [-0.1, -0.05) is 50.5 Å². The summed E-state index contributed by atoms with van der Waals surface area (Å²) in [5, 5.41) is 3.14. The lowest BCUT2D eigenvalue weighted by Crippen LogP contribution is -2.51. The molecule has 2 amide bonds. The van der Waals surface area contributed by atoms with Gasteiger partial charge in [0.1, 0.15) is 11.9 Å². The monoisotopic (exact) mass is 545 g/mol. The Morgan fingerprint density at radius 2 is 1.76 bits per heavy atom. The first-order chi connectivity index (χ1) is 18.1. The lowest BCUT2D eigenvalue weighted by molar-refractivity contribution is -0.141. The molecule has 38 heavy (non-hydrogen) atoms. The van der Waals surface area contributed by atoms with Gasteiger partial charge in [0.05, 0.1) is 11.9 Å². The first-order valence-electron chi connectivity index (χ1n) is 13.5. The minimum Gasteiger partial charge on any atom is -0.352 e. The maximum Gasteiger partial charge on any atom is 0.243 e. The molecule has 1 aliphatic carbocycles. The molecule has 0 radical (unpaired) electrons. The lowest BCUT2D eigenvalue weighted by Gasteiger charge is -2.33. The number of halogens is 1. The van der Waals surface area contributed by atoms with E-state index in [1.165, 1.54) is 22.9 Å². The van der Waals surface area contributed by atoms with Gasteiger partial charge in [0.15, 0.2) is 0 Å². The maximum absolute atomic E-state index is 13.5. The number of hydrogen-bond acceptors (Lipinski definition) is 4. The number of nitrogens with one attached hydrogen (secondary N) is 1. The number of sulfonamides is 1. The Morgan fingerprint density at radius 3 is 2.37 bits per heavy atom. The fraction of sp³-hybridized carbons (Fsp3) is 0.517. The van der Waals surface area contributed by atoms with Crippen LogP contribution < -0.4 is 9.62 Å². The fourth-order valence-electron chi connectivity index (χ4n) is 5.04. The lowest BCUT2D eigenvalue weighted by atomic mass is 9.95. The molecule has 0 aromatic heterocycles. The van der Waals surface area contributed by atoms with E-state index < -0.39 is 16.1 Å². The third kappa shape index (κ3) is 8.55. The predicted molar refractivity (Wildman–Crippen MR) is 149 cm³/mol. The van der Waals surface area contributed by atoms with E-state index in [2.05, 4.69) is 5.32 Å². The molecule has 0 bridgehead atoms. The number of rotatable bonds is 12. The zero-order chi connectivity index (χ0) is 27.7. The molecule has 1 N–H and O–H groups in total. The second-order valence-corrected chi connectivity index (χ2v) is 12.1. The van der Waals surface area contributed by atoms with Crippen LogP contribution in [0.5, 0.6) is 0 Å². The van der Waals surface area contributed by atoms with Crippen molar-refractivity contribution in [1.82, 2.24) is 10.2 Å². The highest BCUT2D eigenvalue weighted by Gasteiger charge is 2.30. The van der Waals surface area contributed by atoms with E-state index in [9.17, 15) is 22.4 Å². The third-order valence-electron chi connectivity index (χ3n) is 7.05. The van der Waals surface area contributed by atoms with E-state index in [4.69, 9.17) is 0 Å². The summed E-state index contributed by atoms with van der Waals surface area (Å²) < 4.78 is 39.8. The molecular formula is C29H40FN3O4S. The second-order valence-electron chi connectivity index (χ2n) is 10.2. The maximum atomic E-state index is 13.5. The molecule has 0 spiro atoms. The van der Waals surface area contributed by atoms with Crippen LogP contribution in [-0.4, -0.2) is 50.0 Å². The van der Waals surface area contributed by atoms with Gasteiger partial charge in [-0.15, -0.1) is 0 Å². The number of aryl methyl sites for hydroxylation is 1. The van der Waals surface area contributed by atoms with Gasteiger partial charge in [0.2, 0.25) is 21.8 Å². The number of carbonyl (C=O) groups is 2.